The van der Waals surface area contributed by atoms with Gasteiger partial charge in [0.15, 0.2) is 0 Å². The lowest BCUT2D eigenvalue weighted by molar-refractivity contribution is 0.526. The third-order valence-electron chi connectivity index (χ3n) is 2.26. The highest BCUT2D eigenvalue weighted by Gasteiger charge is 1.97. The second kappa shape index (κ2) is 3.65. The third kappa shape index (κ3) is 1.84. The fraction of sp³-hybridized carbons (Fsp3) is 0.400. The van der Waals surface area contributed by atoms with Crippen LogP contribution in [-0.2, 0) is 13.1 Å². The molecule has 0 unspecified atom stereocenters. The first-order valence-corrected chi connectivity index (χ1v) is 4.72. The number of aryl methyl sites for hydroxylation is 4. The molecule has 74 valence electrons. The van der Waals surface area contributed by atoms with E-state index in [0.717, 1.165) is 18.9 Å². The Balaban J connectivity index is 1.98. The predicted octanol–water partition coefficient (Wildman–Crippen LogP) is 1.40. The van der Waals surface area contributed by atoms with E-state index in [1.165, 1.54) is 5.56 Å². The van der Waals surface area contributed by atoms with Gasteiger partial charge in [0.1, 0.15) is 5.82 Å². The lowest BCUT2D eigenvalue weighted by atomic mass is 10.4. The maximum atomic E-state index is 4.23. The molecule has 0 aliphatic rings. The van der Waals surface area contributed by atoms with E-state index in [4.69, 9.17) is 0 Å². The molecular weight excluding hydrogens is 176 g/mol. The van der Waals surface area contributed by atoms with Gasteiger partial charge in [0, 0.05) is 25.1 Å². The van der Waals surface area contributed by atoms with Crippen LogP contribution in [0.3, 0.4) is 0 Å². The van der Waals surface area contributed by atoms with Crippen LogP contribution in [-0.4, -0.2) is 19.3 Å². The molecule has 2 heterocycles. The van der Waals surface area contributed by atoms with Crippen LogP contribution in [0.5, 0.6) is 0 Å². The molecule has 0 radical (unpaired) electrons. The molecule has 0 atom stereocenters. The molecule has 14 heavy (non-hydrogen) atoms. The Morgan fingerprint density at radius 3 is 2.71 bits per heavy atom. The molecular formula is C10H14N4. The van der Waals surface area contributed by atoms with E-state index < -0.39 is 0 Å². The second-order valence-corrected chi connectivity index (χ2v) is 3.45. The first kappa shape index (κ1) is 8.99. The van der Waals surface area contributed by atoms with Crippen molar-refractivity contribution in [3.63, 3.8) is 0 Å². The zero-order chi connectivity index (χ0) is 9.97. The van der Waals surface area contributed by atoms with E-state index >= 15 is 0 Å². The number of nitrogens with zero attached hydrogens (tertiary/aromatic N) is 4. The summed E-state index contributed by atoms with van der Waals surface area (Å²) in [5.41, 5.74) is 1.20. The molecule has 0 fully saturated rings. The van der Waals surface area contributed by atoms with Gasteiger partial charge in [-0.2, -0.15) is 5.10 Å². The molecule has 2 rings (SSSR count). The van der Waals surface area contributed by atoms with Gasteiger partial charge in [0.25, 0.3) is 0 Å². The fourth-order valence-corrected chi connectivity index (χ4v) is 1.44. The van der Waals surface area contributed by atoms with Crippen molar-refractivity contribution in [3.8, 4) is 0 Å². The van der Waals surface area contributed by atoms with Gasteiger partial charge >= 0.3 is 0 Å². The number of hydrogen-bond donors (Lipinski definition) is 0. The SMILES string of the molecule is Cc1cnn(CCn2ccnc2C)c1. The summed E-state index contributed by atoms with van der Waals surface area (Å²) in [4.78, 5) is 4.17. The smallest absolute Gasteiger partial charge is 0.105 e. The van der Waals surface area contributed by atoms with Crippen LogP contribution in [0.2, 0.25) is 0 Å². The number of rotatable bonds is 3. The maximum Gasteiger partial charge on any atom is 0.105 e. The summed E-state index contributed by atoms with van der Waals surface area (Å²) in [6.07, 6.45) is 7.74. The van der Waals surface area contributed by atoms with E-state index in [9.17, 15) is 0 Å². The van der Waals surface area contributed by atoms with Crippen molar-refractivity contribution in [1.82, 2.24) is 19.3 Å². The van der Waals surface area contributed by atoms with Crippen molar-refractivity contribution in [1.29, 1.82) is 0 Å². The predicted molar refractivity (Wildman–Crippen MR) is 53.9 cm³/mol. The molecule has 0 N–H and O–H groups in total. The van der Waals surface area contributed by atoms with Gasteiger partial charge in [-0.25, -0.2) is 4.98 Å². The normalized spacial score (nSPS) is 10.7. The average Bonchev–Trinajstić information content (AvgIpc) is 2.72. The van der Waals surface area contributed by atoms with Crippen LogP contribution in [0.15, 0.2) is 24.8 Å². The summed E-state index contributed by atoms with van der Waals surface area (Å²) >= 11 is 0. The Kier molecular flexibility index (Phi) is 2.35. The summed E-state index contributed by atoms with van der Waals surface area (Å²) in [7, 11) is 0. The molecule has 4 heteroatoms. The minimum Gasteiger partial charge on any atom is -0.333 e. The molecule has 2 aromatic rings. The fourth-order valence-electron chi connectivity index (χ4n) is 1.44. The number of hydrogen-bond acceptors (Lipinski definition) is 2. The van der Waals surface area contributed by atoms with Crippen molar-refractivity contribution in [3.05, 3.63) is 36.2 Å². The number of aromatic nitrogens is 4. The minimum absolute atomic E-state index is 0.894. The largest absolute Gasteiger partial charge is 0.333 e. The van der Waals surface area contributed by atoms with Crippen LogP contribution in [0.4, 0.5) is 0 Å². The Morgan fingerprint density at radius 1 is 1.29 bits per heavy atom. The first-order chi connectivity index (χ1) is 6.75. The lowest BCUT2D eigenvalue weighted by Crippen LogP contribution is -2.08. The molecule has 0 bridgehead atoms. The molecule has 0 saturated carbocycles. The third-order valence-corrected chi connectivity index (χ3v) is 2.26. The van der Waals surface area contributed by atoms with Gasteiger partial charge in [0.2, 0.25) is 0 Å². The molecule has 0 aliphatic carbocycles. The van der Waals surface area contributed by atoms with Crippen molar-refractivity contribution in [2.75, 3.05) is 0 Å². The quantitative estimate of drug-likeness (QED) is 0.733. The minimum atomic E-state index is 0.894. The lowest BCUT2D eigenvalue weighted by Gasteiger charge is -2.04. The average molecular weight is 190 g/mol. The molecule has 0 aliphatic heterocycles. The van der Waals surface area contributed by atoms with E-state index in [-0.39, 0.29) is 0 Å². The molecule has 0 saturated heterocycles. The highest BCUT2D eigenvalue weighted by molar-refractivity contribution is 4.99. The van der Waals surface area contributed by atoms with E-state index in [2.05, 4.69) is 14.6 Å². The van der Waals surface area contributed by atoms with Crippen molar-refractivity contribution >= 4 is 0 Å². The van der Waals surface area contributed by atoms with Gasteiger partial charge < -0.3 is 4.57 Å². The summed E-state index contributed by atoms with van der Waals surface area (Å²) in [5, 5.41) is 4.23. The highest BCUT2D eigenvalue weighted by atomic mass is 15.3. The molecule has 0 spiro atoms. The van der Waals surface area contributed by atoms with E-state index in [0.29, 0.717) is 0 Å². The van der Waals surface area contributed by atoms with E-state index in [1.807, 2.05) is 43.3 Å². The standard InChI is InChI=1S/C10H14N4/c1-9-7-12-14(8-9)6-5-13-4-3-11-10(13)2/h3-4,7-8H,5-6H2,1-2H3. The summed E-state index contributed by atoms with van der Waals surface area (Å²) < 4.78 is 4.08. The zero-order valence-corrected chi connectivity index (χ0v) is 8.51. The Bertz CT molecular complexity index is 413. The summed E-state index contributed by atoms with van der Waals surface area (Å²) in [6.45, 7) is 5.87. The number of imidazole rings is 1. The van der Waals surface area contributed by atoms with Gasteiger partial charge in [-0.05, 0) is 19.4 Å². The Morgan fingerprint density at radius 2 is 2.14 bits per heavy atom. The van der Waals surface area contributed by atoms with Crippen LogP contribution in [0, 0.1) is 13.8 Å². The van der Waals surface area contributed by atoms with Gasteiger partial charge in [-0.15, -0.1) is 0 Å². The van der Waals surface area contributed by atoms with Crippen LogP contribution in [0.1, 0.15) is 11.4 Å². The molecule has 0 amide bonds. The molecule has 0 aromatic carbocycles. The maximum absolute atomic E-state index is 4.23. The van der Waals surface area contributed by atoms with Crippen molar-refractivity contribution < 1.29 is 0 Å². The van der Waals surface area contributed by atoms with Crippen molar-refractivity contribution in [2.45, 2.75) is 26.9 Å². The topological polar surface area (TPSA) is 35.6 Å². The molecule has 2 aromatic heterocycles. The van der Waals surface area contributed by atoms with E-state index in [1.54, 1.807) is 0 Å². The van der Waals surface area contributed by atoms with Crippen LogP contribution in [0.25, 0.3) is 0 Å². The highest BCUT2D eigenvalue weighted by Crippen LogP contribution is 1.98. The monoisotopic (exact) mass is 190 g/mol. The molecule has 4 nitrogen and oxygen atoms in total. The van der Waals surface area contributed by atoms with Crippen LogP contribution < -0.4 is 0 Å². The Hall–Kier alpha value is -1.58. The van der Waals surface area contributed by atoms with Crippen molar-refractivity contribution in [2.24, 2.45) is 0 Å². The summed E-state index contributed by atoms with van der Waals surface area (Å²) in [6, 6.07) is 0. The van der Waals surface area contributed by atoms with Gasteiger partial charge in [-0.3, -0.25) is 4.68 Å². The van der Waals surface area contributed by atoms with Gasteiger partial charge in [0.05, 0.1) is 12.7 Å². The Labute approximate surface area is 83.2 Å². The summed E-state index contributed by atoms with van der Waals surface area (Å²) in [5.74, 6) is 1.05. The zero-order valence-electron chi connectivity index (χ0n) is 8.51. The second-order valence-electron chi connectivity index (χ2n) is 3.45. The first-order valence-electron chi connectivity index (χ1n) is 4.72. The van der Waals surface area contributed by atoms with Crippen LogP contribution >= 0.6 is 0 Å². The van der Waals surface area contributed by atoms with Gasteiger partial charge in [-0.1, -0.05) is 0 Å².